The van der Waals surface area contributed by atoms with Crippen LogP contribution in [0.1, 0.15) is 90.7 Å². The van der Waals surface area contributed by atoms with Crippen molar-refractivity contribution in [2.24, 2.45) is 17.8 Å². The number of pyridine rings is 1. The molecule has 4 saturated carbocycles. The molecule has 0 spiro atoms. The van der Waals surface area contributed by atoms with Gasteiger partial charge in [-0.15, -0.1) is 0 Å². The second-order valence-electron chi connectivity index (χ2n) is 13.2. The van der Waals surface area contributed by atoms with Crippen molar-refractivity contribution in [2.45, 2.75) is 102 Å². The van der Waals surface area contributed by atoms with Gasteiger partial charge in [-0.3, -0.25) is 0 Å². The molecule has 0 aromatic carbocycles. The largest absolute Gasteiger partial charge is 0.558 e. The number of aromatic nitrogens is 2. The molecule has 3 heterocycles. The van der Waals surface area contributed by atoms with Crippen molar-refractivity contribution in [2.75, 3.05) is 0 Å². The van der Waals surface area contributed by atoms with E-state index in [0.29, 0.717) is 45.9 Å². The number of hydrogen-bond donors (Lipinski definition) is 2. The lowest BCUT2D eigenvalue weighted by molar-refractivity contribution is -0.134. The molecular formula is C28H41BN2O3Si. The highest BCUT2D eigenvalue weighted by Gasteiger charge is 2.56. The van der Waals surface area contributed by atoms with Gasteiger partial charge >= 0.3 is 6.51 Å². The first kappa shape index (κ1) is 23.7. The Hall–Kier alpha value is -1.73. The minimum Gasteiger partial charge on any atom is -0.558 e. The van der Waals surface area contributed by atoms with Gasteiger partial charge in [0.2, 0.25) is 0 Å². The third-order valence-corrected chi connectivity index (χ3v) is 17.9. The Kier molecular flexibility index (Phi) is 5.33. The predicted octanol–water partition coefficient (Wildman–Crippen LogP) is 6.62. The summed E-state index contributed by atoms with van der Waals surface area (Å²) in [5.41, 5.74) is 4.24. The van der Waals surface area contributed by atoms with Crippen LogP contribution in [0.2, 0.25) is 16.6 Å². The van der Waals surface area contributed by atoms with E-state index >= 15 is 0 Å². The Morgan fingerprint density at radius 3 is 2.26 bits per heavy atom. The van der Waals surface area contributed by atoms with Crippen LogP contribution in [0.15, 0.2) is 18.4 Å². The van der Waals surface area contributed by atoms with E-state index < -0.39 is 13.5 Å². The zero-order valence-electron chi connectivity index (χ0n) is 22.2. The van der Waals surface area contributed by atoms with Gasteiger partial charge in [0, 0.05) is 17.1 Å². The molecule has 1 aliphatic heterocycles. The molecule has 0 saturated heterocycles. The summed E-state index contributed by atoms with van der Waals surface area (Å²) in [5, 5.41) is 23.0. The van der Waals surface area contributed by atoms with Crippen LogP contribution >= 0.6 is 0 Å². The normalized spacial score (nSPS) is 31.8. The van der Waals surface area contributed by atoms with Crippen LogP contribution < -0.4 is 4.65 Å². The Labute approximate surface area is 211 Å². The number of fused-ring (bicyclic) bond motifs is 3. The average Bonchev–Trinajstić information content (AvgIpc) is 3.08. The SMILES string of the molecule is CC(C)[Si](B1C=Cc2c(cnc3c2c(C2C4CC5CC2CC(O)(C5)C4)cn3O)O1)(C(C)C)C(C)C. The number of hydrogen-bond acceptors (Lipinski definition) is 4. The third-order valence-electron chi connectivity index (χ3n) is 10.6. The van der Waals surface area contributed by atoms with E-state index in [9.17, 15) is 10.3 Å². The Morgan fingerprint density at radius 2 is 1.69 bits per heavy atom. The second kappa shape index (κ2) is 7.88. The average molecular weight is 493 g/mol. The van der Waals surface area contributed by atoms with Gasteiger partial charge in [-0.25, -0.2) is 4.98 Å². The molecule has 4 fully saturated rings. The highest BCUT2D eigenvalue weighted by molar-refractivity contribution is 7.34. The molecule has 0 amide bonds. The van der Waals surface area contributed by atoms with Gasteiger partial charge in [0.1, 0.15) is 5.75 Å². The molecule has 5 aliphatic rings. The molecule has 2 aromatic rings. The number of nitrogens with zero attached hydrogens (tertiary/aromatic N) is 2. The lowest BCUT2D eigenvalue weighted by Gasteiger charge is -2.58. The topological polar surface area (TPSA) is 67.5 Å². The van der Waals surface area contributed by atoms with E-state index in [-0.39, 0.29) is 6.51 Å². The van der Waals surface area contributed by atoms with Gasteiger partial charge in [-0.2, -0.15) is 4.73 Å². The molecule has 35 heavy (non-hydrogen) atoms. The maximum absolute atomic E-state index is 11.1. The van der Waals surface area contributed by atoms with Crippen LogP contribution in [-0.4, -0.2) is 40.1 Å². The molecule has 188 valence electrons. The van der Waals surface area contributed by atoms with Crippen molar-refractivity contribution in [1.82, 2.24) is 9.71 Å². The van der Waals surface area contributed by atoms with Crippen LogP contribution in [0.4, 0.5) is 0 Å². The van der Waals surface area contributed by atoms with Gasteiger partial charge in [-0.1, -0.05) is 70.2 Å². The Morgan fingerprint density at radius 1 is 1.06 bits per heavy atom. The number of rotatable bonds is 5. The van der Waals surface area contributed by atoms with Gasteiger partial charge in [-0.05, 0) is 61.3 Å². The molecule has 7 rings (SSSR count). The summed E-state index contributed by atoms with van der Waals surface area (Å²) in [7, 11) is -1.85. The molecule has 2 N–H and O–H groups in total. The predicted molar refractivity (Wildman–Crippen MR) is 145 cm³/mol. The minimum absolute atomic E-state index is 0.115. The van der Waals surface area contributed by atoms with E-state index in [1.165, 1.54) is 23.1 Å². The molecule has 2 unspecified atom stereocenters. The van der Waals surface area contributed by atoms with Crippen molar-refractivity contribution < 1.29 is 15.0 Å². The zero-order chi connectivity index (χ0) is 24.9. The summed E-state index contributed by atoms with van der Waals surface area (Å²) in [6.45, 7) is 14.4. The van der Waals surface area contributed by atoms with Gasteiger partial charge in [0.25, 0.3) is 0 Å². The highest BCUT2D eigenvalue weighted by atomic mass is 28.3. The molecule has 0 radical (unpaired) electrons. The van der Waals surface area contributed by atoms with E-state index in [4.69, 9.17) is 9.64 Å². The van der Waals surface area contributed by atoms with Gasteiger partial charge in [0.15, 0.2) is 5.65 Å². The van der Waals surface area contributed by atoms with Crippen LogP contribution in [0.5, 0.6) is 5.75 Å². The molecular weight excluding hydrogens is 451 g/mol. The van der Waals surface area contributed by atoms with Crippen molar-refractivity contribution in [3.05, 3.63) is 29.5 Å². The summed E-state index contributed by atoms with van der Waals surface area (Å²) >= 11 is 0. The van der Waals surface area contributed by atoms with E-state index in [1.807, 2.05) is 12.4 Å². The summed E-state index contributed by atoms with van der Waals surface area (Å²) in [6.07, 6.45) is 11.2. The van der Waals surface area contributed by atoms with Crippen molar-refractivity contribution in [1.29, 1.82) is 0 Å². The maximum Gasteiger partial charge on any atom is 0.366 e. The first-order chi connectivity index (χ1) is 16.5. The van der Waals surface area contributed by atoms with E-state index in [0.717, 1.165) is 36.0 Å². The van der Waals surface area contributed by atoms with Gasteiger partial charge < -0.3 is 15.0 Å². The van der Waals surface area contributed by atoms with Gasteiger partial charge in [0.05, 0.1) is 19.7 Å². The first-order valence-corrected chi connectivity index (χ1v) is 16.2. The fourth-order valence-corrected chi connectivity index (χ4v) is 16.6. The Bertz CT molecular complexity index is 1150. The smallest absolute Gasteiger partial charge is 0.366 e. The van der Waals surface area contributed by atoms with Crippen molar-refractivity contribution >= 4 is 31.6 Å². The molecule has 2 aromatic heterocycles. The summed E-state index contributed by atoms with van der Waals surface area (Å²) in [5.74, 6) is 5.19. The summed E-state index contributed by atoms with van der Waals surface area (Å²) in [6, 6.07) is 0. The highest BCUT2D eigenvalue weighted by Crippen LogP contribution is 2.62. The monoisotopic (exact) mass is 492 g/mol. The molecule has 5 nitrogen and oxygen atoms in total. The molecule has 7 heteroatoms. The lowest BCUT2D eigenvalue weighted by Crippen LogP contribution is -2.61. The Balaban J connectivity index is 1.44. The third kappa shape index (κ3) is 3.26. The lowest BCUT2D eigenvalue weighted by atomic mass is 9.49. The van der Waals surface area contributed by atoms with Crippen molar-refractivity contribution in [3.8, 4) is 5.75 Å². The quantitative estimate of drug-likeness (QED) is 0.364. The fourth-order valence-electron chi connectivity index (χ4n) is 9.83. The summed E-state index contributed by atoms with van der Waals surface area (Å²) < 4.78 is 8.08. The first-order valence-electron chi connectivity index (χ1n) is 13.9. The zero-order valence-corrected chi connectivity index (χ0v) is 23.2. The van der Waals surface area contributed by atoms with Crippen LogP contribution in [0.25, 0.3) is 17.1 Å². The number of aliphatic hydroxyl groups is 1. The van der Waals surface area contributed by atoms with E-state index in [1.54, 1.807) is 0 Å². The fraction of sp³-hybridized carbons (Fsp3) is 0.679. The molecule has 4 bridgehead atoms. The minimum atomic E-state index is -1.85. The maximum atomic E-state index is 11.1. The molecule has 4 aliphatic carbocycles. The summed E-state index contributed by atoms with van der Waals surface area (Å²) in [4.78, 5) is 4.71. The van der Waals surface area contributed by atoms with Crippen LogP contribution in [0, 0.1) is 17.8 Å². The standard InChI is InChI=1S/C28H41BN2O3Si/c1-16(2)35(17(3)4,18(5)6)29-8-7-22-24(34-29)14-30-27-26(22)23(15-31(27)33)25-20-9-19-10-21(25)13-28(32,11-19)12-20/h7-8,14-21,25,32-33H,9-13H2,1-6H3. The van der Waals surface area contributed by atoms with Crippen molar-refractivity contribution in [3.63, 3.8) is 0 Å². The second-order valence-corrected chi connectivity index (χ2v) is 19.3. The van der Waals surface area contributed by atoms with Crippen LogP contribution in [-0.2, 0) is 0 Å². The van der Waals surface area contributed by atoms with E-state index in [2.05, 4.69) is 53.6 Å². The van der Waals surface area contributed by atoms with Crippen LogP contribution in [0.3, 0.4) is 0 Å². The molecule has 2 atom stereocenters.